The van der Waals surface area contributed by atoms with Crippen molar-refractivity contribution in [1.29, 1.82) is 0 Å². The Balaban J connectivity index is 1.89. The van der Waals surface area contributed by atoms with E-state index in [1.54, 1.807) is 0 Å². The Bertz CT molecular complexity index is 226. The van der Waals surface area contributed by atoms with Crippen molar-refractivity contribution in [2.75, 3.05) is 39.5 Å². The molecule has 3 atom stereocenters. The SMILES string of the molecule is CCN(CC1CCCO1)C(CN)C1CCCOC1. The van der Waals surface area contributed by atoms with Gasteiger partial charge in [0, 0.05) is 32.3 Å². The highest BCUT2D eigenvalue weighted by atomic mass is 16.5. The molecule has 3 unspecified atom stereocenters. The lowest BCUT2D eigenvalue weighted by Gasteiger charge is -2.38. The molecular weight excluding hydrogens is 228 g/mol. The average Bonchev–Trinajstić information content (AvgIpc) is 2.92. The zero-order chi connectivity index (χ0) is 12.8. The van der Waals surface area contributed by atoms with Crippen LogP contribution in [0.3, 0.4) is 0 Å². The number of hydrogen-bond donors (Lipinski definition) is 1. The first-order valence-corrected chi connectivity index (χ1v) is 7.48. The van der Waals surface area contributed by atoms with E-state index in [1.165, 1.54) is 25.7 Å². The molecule has 2 N–H and O–H groups in total. The smallest absolute Gasteiger partial charge is 0.0702 e. The molecule has 0 saturated carbocycles. The summed E-state index contributed by atoms with van der Waals surface area (Å²) in [5.74, 6) is 0.602. The third-order valence-corrected chi connectivity index (χ3v) is 4.32. The molecule has 0 bridgehead atoms. The summed E-state index contributed by atoms with van der Waals surface area (Å²) in [6.07, 6.45) is 5.27. The summed E-state index contributed by atoms with van der Waals surface area (Å²) in [5.41, 5.74) is 6.02. The largest absolute Gasteiger partial charge is 0.381 e. The van der Waals surface area contributed by atoms with Crippen LogP contribution in [0.2, 0.25) is 0 Å². The molecule has 2 saturated heterocycles. The minimum absolute atomic E-state index is 0.420. The summed E-state index contributed by atoms with van der Waals surface area (Å²) < 4.78 is 11.4. The van der Waals surface area contributed by atoms with Gasteiger partial charge in [-0.2, -0.15) is 0 Å². The van der Waals surface area contributed by atoms with Gasteiger partial charge in [0.05, 0.1) is 12.7 Å². The van der Waals surface area contributed by atoms with Crippen LogP contribution in [-0.2, 0) is 9.47 Å². The van der Waals surface area contributed by atoms with Crippen molar-refractivity contribution in [2.45, 2.75) is 44.8 Å². The molecule has 0 aromatic rings. The molecule has 0 spiro atoms. The van der Waals surface area contributed by atoms with Crippen LogP contribution in [0.5, 0.6) is 0 Å². The zero-order valence-electron chi connectivity index (χ0n) is 11.6. The van der Waals surface area contributed by atoms with Gasteiger partial charge in [0.2, 0.25) is 0 Å². The highest BCUT2D eigenvalue weighted by Crippen LogP contribution is 2.23. The summed E-state index contributed by atoms with van der Waals surface area (Å²) >= 11 is 0. The van der Waals surface area contributed by atoms with Crippen molar-refractivity contribution in [1.82, 2.24) is 4.90 Å². The van der Waals surface area contributed by atoms with Crippen molar-refractivity contribution < 1.29 is 9.47 Å². The first-order chi connectivity index (χ1) is 8.85. The van der Waals surface area contributed by atoms with Gasteiger partial charge < -0.3 is 15.2 Å². The number of nitrogens with zero attached hydrogens (tertiary/aromatic N) is 1. The molecule has 2 aliphatic rings. The molecule has 2 rings (SSSR count). The van der Waals surface area contributed by atoms with Gasteiger partial charge in [-0.3, -0.25) is 4.90 Å². The third kappa shape index (κ3) is 3.67. The maximum absolute atomic E-state index is 6.02. The number of hydrogen-bond acceptors (Lipinski definition) is 4. The Kier molecular flexibility index (Phi) is 5.89. The molecule has 0 aromatic carbocycles. The minimum atomic E-state index is 0.420. The van der Waals surface area contributed by atoms with Gasteiger partial charge in [-0.25, -0.2) is 0 Å². The summed E-state index contributed by atoms with van der Waals surface area (Å²) in [7, 11) is 0. The molecule has 2 heterocycles. The Morgan fingerprint density at radius 1 is 1.28 bits per heavy atom. The van der Waals surface area contributed by atoms with Crippen LogP contribution in [0.1, 0.15) is 32.6 Å². The number of ether oxygens (including phenoxy) is 2. The van der Waals surface area contributed by atoms with Gasteiger partial charge in [-0.15, -0.1) is 0 Å². The molecule has 106 valence electrons. The highest BCUT2D eigenvalue weighted by Gasteiger charge is 2.29. The fourth-order valence-electron chi connectivity index (χ4n) is 3.26. The number of rotatable bonds is 6. The predicted octanol–water partition coefficient (Wildman–Crippen LogP) is 1.24. The standard InChI is InChI=1S/C14H28N2O2/c1-2-16(10-13-6-4-8-18-13)14(9-15)12-5-3-7-17-11-12/h12-14H,2-11,15H2,1H3. The van der Waals surface area contributed by atoms with E-state index in [4.69, 9.17) is 15.2 Å². The average molecular weight is 256 g/mol. The Hall–Kier alpha value is -0.160. The Labute approximate surface area is 111 Å². The van der Waals surface area contributed by atoms with E-state index >= 15 is 0 Å². The maximum Gasteiger partial charge on any atom is 0.0702 e. The van der Waals surface area contributed by atoms with Crippen LogP contribution in [0, 0.1) is 5.92 Å². The van der Waals surface area contributed by atoms with E-state index < -0.39 is 0 Å². The van der Waals surface area contributed by atoms with E-state index in [1.807, 2.05) is 0 Å². The summed E-state index contributed by atoms with van der Waals surface area (Å²) in [4.78, 5) is 2.51. The molecule has 4 nitrogen and oxygen atoms in total. The van der Waals surface area contributed by atoms with Gasteiger partial charge in [0.15, 0.2) is 0 Å². The van der Waals surface area contributed by atoms with Gasteiger partial charge in [-0.1, -0.05) is 6.92 Å². The monoisotopic (exact) mass is 256 g/mol. The second-order valence-electron chi connectivity index (χ2n) is 5.50. The highest BCUT2D eigenvalue weighted by molar-refractivity contribution is 4.83. The molecule has 0 aliphatic carbocycles. The summed E-state index contributed by atoms with van der Waals surface area (Å²) in [6, 6.07) is 0.458. The van der Waals surface area contributed by atoms with Crippen molar-refractivity contribution in [3.63, 3.8) is 0 Å². The summed E-state index contributed by atoms with van der Waals surface area (Å²) in [5, 5.41) is 0. The molecule has 0 aromatic heterocycles. The van der Waals surface area contributed by atoms with Crippen molar-refractivity contribution in [2.24, 2.45) is 11.7 Å². The Morgan fingerprint density at radius 2 is 2.11 bits per heavy atom. The van der Waals surface area contributed by atoms with Crippen LogP contribution in [0.4, 0.5) is 0 Å². The lowest BCUT2D eigenvalue weighted by Crippen LogP contribution is -2.50. The van der Waals surface area contributed by atoms with E-state index in [0.29, 0.717) is 18.1 Å². The molecule has 4 heteroatoms. The first kappa shape index (κ1) is 14.3. The minimum Gasteiger partial charge on any atom is -0.381 e. The Morgan fingerprint density at radius 3 is 2.67 bits per heavy atom. The molecule has 2 aliphatic heterocycles. The van der Waals surface area contributed by atoms with E-state index in [9.17, 15) is 0 Å². The second kappa shape index (κ2) is 7.43. The molecule has 2 fully saturated rings. The van der Waals surface area contributed by atoms with Gasteiger partial charge in [0.25, 0.3) is 0 Å². The second-order valence-corrected chi connectivity index (χ2v) is 5.50. The van der Waals surface area contributed by atoms with E-state index in [0.717, 1.165) is 39.5 Å². The lowest BCUT2D eigenvalue weighted by molar-refractivity contribution is -0.00411. The number of likely N-dealkylation sites (N-methyl/N-ethyl adjacent to an activating group) is 1. The van der Waals surface area contributed by atoms with Crippen LogP contribution < -0.4 is 5.73 Å². The zero-order valence-corrected chi connectivity index (χ0v) is 11.6. The predicted molar refractivity (Wildman–Crippen MR) is 72.6 cm³/mol. The third-order valence-electron chi connectivity index (χ3n) is 4.32. The normalized spacial score (nSPS) is 30.8. The van der Waals surface area contributed by atoms with Gasteiger partial charge in [0.1, 0.15) is 0 Å². The van der Waals surface area contributed by atoms with Crippen molar-refractivity contribution in [3.05, 3.63) is 0 Å². The van der Waals surface area contributed by atoms with E-state index in [-0.39, 0.29) is 0 Å². The molecular formula is C14H28N2O2. The van der Waals surface area contributed by atoms with Crippen LogP contribution >= 0.6 is 0 Å². The molecule has 18 heavy (non-hydrogen) atoms. The quantitative estimate of drug-likeness (QED) is 0.777. The van der Waals surface area contributed by atoms with Crippen LogP contribution in [-0.4, -0.2) is 56.5 Å². The molecule has 0 radical (unpaired) electrons. The van der Waals surface area contributed by atoms with Gasteiger partial charge in [-0.05, 0) is 38.1 Å². The van der Waals surface area contributed by atoms with Gasteiger partial charge >= 0.3 is 0 Å². The van der Waals surface area contributed by atoms with E-state index in [2.05, 4.69) is 11.8 Å². The van der Waals surface area contributed by atoms with Crippen molar-refractivity contribution >= 4 is 0 Å². The van der Waals surface area contributed by atoms with Crippen molar-refractivity contribution in [3.8, 4) is 0 Å². The number of nitrogens with two attached hydrogens (primary N) is 1. The fraction of sp³-hybridized carbons (Fsp3) is 1.00. The topological polar surface area (TPSA) is 47.7 Å². The summed E-state index contributed by atoms with van der Waals surface area (Å²) in [6.45, 7) is 7.78. The fourth-order valence-corrected chi connectivity index (χ4v) is 3.26. The maximum atomic E-state index is 6.02. The van der Waals surface area contributed by atoms with Crippen LogP contribution in [0.15, 0.2) is 0 Å². The molecule has 0 amide bonds. The lowest BCUT2D eigenvalue weighted by atomic mass is 9.92. The van der Waals surface area contributed by atoms with Crippen LogP contribution in [0.25, 0.3) is 0 Å². The first-order valence-electron chi connectivity index (χ1n) is 7.48.